The van der Waals surface area contributed by atoms with E-state index < -0.39 is 0 Å². The lowest BCUT2D eigenvalue weighted by atomic mass is 9.94. The predicted molar refractivity (Wildman–Crippen MR) is 86.3 cm³/mol. The van der Waals surface area contributed by atoms with Gasteiger partial charge in [0.05, 0.1) is 16.9 Å². The van der Waals surface area contributed by atoms with Gasteiger partial charge < -0.3 is 10.6 Å². The fraction of sp³-hybridized carbons (Fsp3) is 0.375. The van der Waals surface area contributed by atoms with Crippen molar-refractivity contribution < 1.29 is 4.79 Å². The minimum Gasteiger partial charge on any atom is -0.383 e. The van der Waals surface area contributed by atoms with Gasteiger partial charge in [0.2, 0.25) is 5.91 Å². The van der Waals surface area contributed by atoms with Gasteiger partial charge in [-0.2, -0.15) is 5.26 Å². The summed E-state index contributed by atoms with van der Waals surface area (Å²) in [4.78, 5) is 23.0. The van der Waals surface area contributed by atoms with E-state index in [1.165, 1.54) is 11.3 Å². The molecule has 0 spiro atoms. The Morgan fingerprint density at radius 2 is 2.30 bits per heavy atom. The first-order valence-electron chi connectivity index (χ1n) is 7.57. The van der Waals surface area contributed by atoms with Gasteiger partial charge in [0.1, 0.15) is 17.5 Å². The van der Waals surface area contributed by atoms with Gasteiger partial charge in [-0.15, -0.1) is 11.3 Å². The highest BCUT2D eigenvalue weighted by molar-refractivity contribution is 7.07. The topological polar surface area (TPSA) is 95.9 Å². The van der Waals surface area contributed by atoms with E-state index in [0.717, 1.165) is 35.4 Å². The average molecular weight is 325 g/mol. The molecule has 1 amide bonds. The molecule has 2 N–H and O–H groups in total. The third-order valence-corrected chi connectivity index (χ3v) is 5.00. The molecule has 0 aromatic carbocycles. The van der Waals surface area contributed by atoms with E-state index in [1.807, 2.05) is 10.3 Å². The molecule has 2 aromatic heterocycles. The van der Waals surface area contributed by atoms with E-state index in [-0.39, 0.29) is 17.6 Å². The first-order chi connectivity index (χ1) is 11.2. The summed E-state index contributed by atoms with van der Waals surface area (Å²) in [6.45, 7) is 1.15. The van der Waals surface area contributed by atoms with E-state index in [4.69, 9.17) is 5.73 Å². The average Bonchev–Trinajstić information content (AvgIpc) is 3.27. The van der Waals surface area contributed by atoms with E-state index in [2.05, 4.69) is 16.0 Å². The lowest BCUT2D eigenvalue weighted by Crippen LogP contribution is -2.37. The third kappa shape index (κ3) is 2.35. The summed E-state index contributed by atoms with van der Waals surface area (Å²) in [6.07, 6.45) is 2.65. The minimum atomic E-state index is 0.191. The van der Waals surface area contributed by atoms with E-state index in [1.54, 1.807) is 5.51 Å². The molecule has 1 aliphatic carbocycles. The Morgan fingerprint density at radius 1 is 1.48 bits per heavy atom. The van der Waals surface area contributed by atoms with Crippen LogP contribution in [0.15, 0.2) is 10.9 Å². The molecule has 0 bridgehead atoms. The number of carbonyl (C=O) groups excluding carboxylic acids is 1. The Kier molecular flexibility index (Phi) is 3.27. The molecule has 1 saturated carbocycles. The highest BCUT2D eigenvalue weighted by atomic mass is 32.1. The minimum absolute atomic E-state index is 0.191. The summed E-state index contributed by atoms with van der Waals surface area (Å²) in [7, 11) is 0. The number of fused-ring (bicyclic) bond motifs is 1. The number of thiazole rings is 1. The first-order valence-corrected chi connectivity index (χ1v) is 8.52. The van der Waals surface area contributed by atoms with Gasteiger partial charge in [0.25, 0.3) is 0 Å². The van der Waals surface area contributed by atoms with Gasteiger partial charge in [0, 0.05) is 41.9 Å². The Bertz CT molecular complexity index is 820. The van der Waals surface area contributed by atoms with Gasteiger partial charge in [-0.1, -0.05) is 0 Å². The van der Waals surface area contributed by atoms with Crippen molar-refractivity contribution >= 4 is 23.1 Å². The smallest absolute Gasteiger partial charge is 0.225 e. The normalized spacial score (nSPS) is 16.7. The standard InChI is InChI=1S/C16H15N5OS/c17-5-10-14(13-7-23-8-19-13)11-6-21(16(22)9-1-2-9)4-3-12(11)20-15(10)18/h7-9H,1-4,6H2,(H2,18,20). The van der Waals surface area contributed by atoms with Gasteiger partial charge in [-0.3, -0.25) is 4.79 Å². The number of pyridine rings is 1. The number of nitrogens with two attached hydrogens (primary N) is 1. The molecule has 116 valence electrons. The largest absolute Gasteiger partial charge is 0.383 e. The molecule has 0 unspecified atom stereocenters. The fourth-order valence-corrected chi connectivity index (χ4v) is 3.63. The van der Waals surface area contributed by atoms with Crippen molar-refractivity contribution in [3.63, 3.8) is 0 Å². The van der Waals surface area contributed by atoms with E-state index in [9.17, 15) is 10.1 Å². The number of hydrogen-bond acceptors (Lipinski definition) is 6. The maximum Gasteiger partial charge on any atom is 0.225 e. The number of hydrogen-bond donors (Lipinski definition) is 1. The number of nitrogen functional groups attached to an aromatic ring is 1. The molecule has 0 saturated heterocycles. The lowest BCUT2D eigenvalue weighted by Gasteiger charge is -2.30. The van der Waals surface area contributed by atoms with Gasteiger partial charge in [-0.25, -0.2) is 9.97 Å². The number of amides is 1. The summed E-state index contributed by atoms with van der Waals surface area (Å²) < 4.78 is 0. The quantitative estimate of drug-likeness (QED) is 0.910. The van der Waals surface area contributed by atoms with Crippen molar-refractivity contribution in [3.8, 4) is 17.3 Å². The molecular formula is C16H15N5OS. The number of anilines is 1. The van der Waals surface area contributed by atoms with Crippen LogP contribution in [0.5, 0.6) is 0 Å². The van der Waals surface area contributed by atoms with Crippen LogP contribution in [-0.4, -0.2) is 27.3 Å². The number of rotatable bonds is 2. The van der Waals surface area contributed by atoms with Crippen LogP contribution < -0.4 is 5.73 Å². The predicted octanol–water partition coefficient (Wildman–Crippen LogP) is 1.95. The van der Waals surface area contributed by atoms with Crippen LogP contribution in [-0.2, 0) is 17.8 Å². The zero-order valence-corrected chi connectivity index (χ0v) is 13.3. The van der Waals surface area contributed by atoms with Crippen molar-refractivity contribution in [1.29, 1.82) is 5.26 Å². The van der Waals surface area contributed by atoms with Gasteiger partial charge in [0.15, 0.2) is 0 Å². The van der Waals surface area contributed by atoms with Crippen molar-refractivity contribution in [2.75, 3.05) is 12.3 Å². The van der Waals surface area contributed by atoms with Crippen LogP contribution in [0.2, 0.25) is 0 Å². The molecule has 4 rings (SSSR count). The maximum absolute atomic E-state index is 12.4. The van der Waals surface area contributed by atoms with Gasteiger partial charge in [-0.05, 0) is 12.8 Å². The zero-order chi connectivity index (χ0) is 16.0. The van der Waals surface area contributed by atoms with Crippen LogP contribution in [0.4, 0.5) is 5.82 Å². The summed E-state index contributed by atoms with van der Waals surface area (Å²) in [5.74, 6) is 0.655. The maximum atomic E-state index is 12.4. The second-order valence-corrected chi connectivity index (χ2v) is 6.66. The van der Waals surface area contributed by atoms with Crippen molar-refractivity contribution in [2.24, 2.45) is 5.92 Å². The Hall–Kier alpha value is -2.46. The molecule has 1 fully saturated rings. The summed E-state index contributed by atoms with van der Waals surface area (Å²) >= 11 is 1.47. The first kappa shape index (κ1) is 14.2. The highest BCUT2D eigenvalue weighted by Gasteiger charge is 2.36. The SMILES string of the molecule is N#Cc1c(N)nc2c(c1-c1cscn1)CN(C(=O)C1CC1)CC2. The molecule has 3 heterocycles. The van der Waals surface area contributed by atoms with Gasteiger partial charge >= 0.3 is 0 Å². The number of nitrogens with zero attached hydrogens (tertiary/aromatic N) is 4. The van der Waals surface area contributed by atoms with Crippen LogP contribution in [0.1, 0.15) is 29.7 Å². The summed E-state index contributed by atoms with van der Waals surface area (Å²) in [5.41, 5.74) is 11.3. The summed E-state index contributed by atoms with van der Waals surface area (Å²) in [6, 6.07) is 2.16. The van der Waals surface area contributed by atoms with Crippen molar-refractivity contribution in [2.45, 2.75) is 25.8 Å². The zero-order valence-electron chi connectivity index (χ0n) is 12.5. The fourth-order valence-electron chi connectivity index (χ4n) is 3.09. The monoisotopic (exact) mass is 325 g/mol. The lowest BCUT2D eigenvalue weighted by molar-refractivity contribution is -0.133. The molecule has 1 aliphatic heterocycles. The molecule has 0 atom stereocenters. The second-order valence-electron chi connectivity index (χ2n) is 5.94. The molecular weight excluding hydrogens is 310 g/mol. The summed E-state index contributed by atoms with van der Waals surface area (Å²) in [5, 5.41) is 11.4. The van der Waals surface area contributed by atoms with E-state index in [0.29, 0.717) is 25.1 Å². The molecule has 6 nitrogen and oxygen atoms in total. The van der Waals surface area contributed by atoms with Crippen molar-refractivity contribution in [1.82, 2.24) is 14.9 Å². The molecule has 23 heavy (non-hydrogen) atoms. The van der Waals surface area contributed by atoms with E-state index >= 15 is 0 Å². The van der Waals surface area contributed by atoms with Crippen molar-refractivity contribution in [3.05, 3.63) is 27.7 Å². The number of nitriles is 1. The second kappa shape index (κ2) is 5.32. The number of carbonyl (C=O) groups is 1. The number of aromatic nitrogens is 2. The third-order valence-electron chi connectivity index (χ3n) is 4.42. The molecule has 2 aliphatic rings. The van der Waals surface area contributed by atoms with Crippen LogP contribution in [0.3, 0.4) is 0 Å². The Morgan fingerprint density at radius 3 is 2.96 bits per heavy atom. The molecule has 7 heteroatoms. The van der Waals surface area contributed by atoms with Crippen LogP contribution in [0, 0.1) is 17.2 Å². The molecule has 0 radical (unpaired) electrons. The Labute approximate surface area is 137 Å². The van der Waals surface area contributed by atoms with Crippen LogP contribution >= 0.6 is 11.3 Å². The highest BCUT2D eigenvalue weighted by Crippen LogP contribution is 2.37. The van der Waals surface area contributed by atoms with Crippen LogP contribution in [0.25, 0.3) is 11.3 Å². The molecule has 2 aromatic rings. The Balaban J connectivity index is 1.83.